The SMILES string of the molecule is COc1cc(C(N)=S)ccc1NC(=O)C1CCOCC1. The third kappa shape index (κ3) is 3.46. The van der Waals surface area contributed by atoms with E-state index >= 15 is 0 Å². The number of ether oxygens (including phenoxy) is 2. The van der Waals surface area contributed by atoms with Gasteiger partial charge in [0.15, 0.2) is 0 Å². The first-order chi connectivity index (χ1) is 9.61. The number of rotatable bonds is 4. The average molecular weight is 294 g/mol. The van der Waals surface area contributed by atoms with Crippen molar-refractivity contribution in [1.29, 1.82) is 0 Å². The van der Waals surface area contributed by atoms with Gasteiger partial charge in [-0.2, -0.15) is 0 Å². The molecule has 0 saturated carbocycles. The Morgan fingerprint density at radius 1 is 1.45 bits per heavy atom. The molecular formula is C14H18N2O3S. The first-order valence-electron chi connectivity index (χ1n) is 6.48. The standard InChI is InChI=1S/C14H18N2O3S/c1-18-12-8-10(13(15)20)2-3-11(12)16-14(17)9-4-6-19-7-5-9/h2-3,8-9H,4-7H2,1H3,(H2,15,20)(H,16,17). The van der Waals surface area contributed by atoms with Gasteiger partial charge in [0.1, 0.15) is 10.7 Å². The number of anilines is 1. The number of hydrogen-bond acceptors (Lipinski definition) is 4. The van der Waals surface area contributed by atoms with Gasteiger partial charge in [0.25, 0.3) is 0 Å². The highest BCUT2D eigenvalue weighted by Crippen LogP contribution is 2.27. The van der Waals surface area contributed by atoms with Crippen molar-refractivity contribution in [1.82, 2.24) is 0 Å². The molecule has 6 heteroatoms. The van der Waals surface area contributed by atoms with Crippen LogP contribution in [0.2, 0.25) is 0 Å². The number of carbonyl (C=O) groups is 1. The van der Waals surface area contributed by atoms with E-state index in [9.17, 15) is 4.79 Å². The van der Waals surface area contributed by atoms with Gasteiger partial charge in [-0.05, 0) is 31.0 Å². The lowest BCUT2D eigenvalue weighted by Gasteiger charge is -2.21. The number of hydrogen-bond donors (Lipinski definition) is 2. The fourth-order valence-electron chi connectivity index (χ4n) is 2.14. The van der Waals surface area contributed by atoms with Crippen molar-refractivity contribution in [3.05, 3.63) is 23.8 Å². The van der Waals surface area contributed by atoms with E-state index in [1.807, 2.05) is 0 Å². The number of methoxy groups -OCH3 is 1. The molecule has 1 amide bonds. The molecule has 5 nitrogen and oxygen atoms in total. The molecule has 1 aliphatic heterocycles. The van der Waals surface area contributed by atoms with Crippen molar-refractivity contribution in [2.45, 2.75) is 12.8 Å². The van der Waals surface area contributed by atoms with Crippen LogP contribution < -0.4 is 15.8 Å². The Bertz CT molecular complexity index is 513. The van der Waals surface area contributed by atoms with E-state index in [-0.39, 0.29) is 11.8 Å². The molecule has 1 aromatic rings. The normalized spacial score (nSPS) is 15.7. The van der Waals surface area contributed by atoms with Gasteiger partial charge in [0.05, 0.1) is 12.8 Å². The summed E-state index contributed by atoms with van der Waals surface area (Å²) in [7, 11) is 1.54. The zero-order chi connectivity index (χ0) is 14.5. The van der Waals surface area contributed by atoms with Gasteiger partial charge in [-0.3, -0.25) is 4.79 Å². The predicted molar refractivity (Wildman–Crippen MR) is 81.1 cm³/mol. The summed E-state index contributed by atoms with van der Waals surface area (Å²) in [4.78, 5) is 12.5. The lowest BCUT2D eigenvalue weighted by atomic mass is 9.99. The Morgan fingerprint density at radius 3 is 2.75 bits per heavy atom. The molecule has 3 N–H and O–H groups in total. The molecule has 0 unspecified atom stereocenters. The Balaban J connectivity index is 2.11. The van der Waals surface area contributed by atoms with Gasteiger partial charge in [0, 0.05) is 24.7 Å². The third-order valence-electron chi connectivity index (χ3n) is 3.34. The van der Waals surface area contributed by atoms with Gasteiger partial charge < -0.3 is 20.5 Å². The molecule has 1 saturated heterocycles. The number of amides is 1. The number of benzene rings is 1. The predicted octanol–water partition coefficient (Wildman–Crippen LogP) is 1.69. The number of nitrogens with two attached hydrogens (primary N) is 1. The summed E-state index contributed by atoms with van der Waals surface area (Å²) in [5.41, 5.74) is 6.92. The van der Waals surface area contributed by atoms with Crippen molar-refractivity contribution in [2.75, 3.05) is 25.6 Å². The summed E-state index contributed by atoms with van der Waals surface area (Å²) in [5, 5.41) is 2.89. The highest BCUT2D eigenvalue weighted by atomic mass is 32.1. The maximum atomic E-state index is 12.2. The van der Waals surface area contributed by atoms with Gasteiger partial charge >= 0.3 is 0 Å². The highest BCUT2D eigenvalue weighted by molar-refractivity contribution is 7.80. The Labute approximate surface area is 123 Å². The number of nitrogens with one attached hydrogen (secondary N) is 1. The minimum atomic E-state index is -0.0104. The quantitative estimate of drug-likeness (QED) is 0.827. The van der Waals surface area contributed by atoms with Crippen LogP contribution in [0.25, 0.3) is 0 Å². The van der Waals surface area contributed by atoms with E-state index in [1.165, 1.54) is 0 Å². The summed E-state index contributed by atoms with van der Waals surface area (Å²) >= 11 is 4.92. The highest BCUT2D eigenvalue weighted by Gasteiger charge is 2.22. The van der Waals surface area contributed by atoms with Crippen molar-refractivity contribution < 1.29 is 14.3 Å². The Kier molecular flexibility index (Phi) is 4.92. The zero-order valence-corrected chi connectivity index (χ0v) is 12.2. The van der Waals surface area contributed by atoms with Gasteiger partial charge in [-0.1, -0.05) is 12.2 Å². The van der Waals surface area contributed by atoms with Gasteiger partial charge in [0.2, 0.25) is 5.91 Å². The van der Waals surface area contributed by atoms with Crippen LogP contribution in [-0.4, -0.2) is 31.2 Å². The molecule has 0 atom stereocenters. The molecule has 0 bridgehead atoms. The molecule has 0 aromatic heterocycles. The second kappa shape index (κ2) is 6.67. The van der Waals surface area contributed by atoms with Crippen LogP contribution in [0.1, 0.15) is 18.4 Å². The summed E-state index contributed by atoms with van der Waals surface area (Å²) < 4.78 is 10.5. The zero-order valence-electron chi connectivity index (χ0n) is 11.3. The first-order valence-corrected chi connectivity index (χ1v) is 6.89. The second-order valence-electron chi connectivity index (χ2n) is 4.66. The van der Waals surface area contributed by atoms with E-state index in [1.54, 1.807) is 25.3 Å². The minimum absolute atomic E-state index is 0.00493. The maximum Gasteiger partial charge on any atom is 0.227 e. The molecular weight excluding hydrogens is 276 g/mol. The minimum Gasteiger partial charge on any atom is -0.495 e. The van der Waals surface area contributed by atoms with E-state index in [2.05, 4.69) is 5.32 Å². The van der Waals surface area contributed by atoms with Crippen LogP contribution in [0.4, 0.5) is 5.69 Å². The van der Waals surface area contributed by atoms with Crippen LogP contribution in [-0.2, 0) is 9.53 Å². The smallest absolute Gasteiger partial charge is 0.227 e. The summed E-state index contributed by atoms with van der Waals surface area (Å²) in [5.74, 6) is 0.536. The van der Waals surface area contributed by atoms with Gasteiger partial charge in [-0.15, -0.1) is 0 Å². The molecule has 1 heterocycles. The first kappa shape index (κ1) is 14.7. The van der Waals surface area contributed by atoms with Gasteiger partial charge in [-0.25, -0.2) is 0 Å². The topological polar surface area (TPSA) is 73.6 Å². The fourth-order valence-corrected chi connectivity index (χ4v) is 2.27. The Morgan fingerprint density at radius 2 is 2.15 bits per heavy atom. The molecule has 2 rings (SSSR count). The third-order valence-corrected chi connectivity index (χ3v) is 3.57. The number of carbonyl (C=O) groups excluding carboxylic acids is 1. The Hall–Kier alpha value is -1.66. The molecule has 1 fully saturated rings. The summed E-state index contributed by atoms with van der Waals surface area (Å²) in [6, 6.07) is 5.25. The van der Waals surface area contributed by atoms with E-state index in [0.717, 1.165) is 12.8 Å². The average Bonchev–Trinajstić information content (AvgIpc) is 2.48. The van der Waals surface area contributed by atoms with E-state index in [0.29, 0.717) is 35.2 Å². The molecule has 0 radical (unpaired) electrons. The fraction of sp³-hybridized carbons (Fsp3) is 0.429. The van der Waals surface area contributed by atoms with Crippen molar-refractivity contribution >= 4 is 28.8 Å². The summed E-state index contributed by atoms with van der Waals surface area (Å²) in [6.45, 7) is 1.27. The molecule has 0 aliphatic carbocycles. The molecule has 108 valence electrons. The maximum absolute atomic E-state index is 12.2. The van der Waals surface area contributed by atoms with Crippen molar-refractivity contribution in [3.8, 4) is 5.75 Å². The van der Waals surface area contributed by atoms with Crippen LogP contribution >= 0.6 is 12.2 Å². The van der Waals surface area contributed by atoms with E-state index < -0.39 is 0 Å². The largest absolute Gasteiger partial charge is 0.495 e. The van der Waals surface area contributed by atoms with E-state index in [4.69, 9.17) is 27.4 Å². The molecule has 1 aliphatic rings. The van der Waals surface area contributed by atoms with Crippen LogP contribution in [0.5, 0.6) is 5.75 Å². The lowest BCUT2D eigenvalue weighted by molar-refractivity contribution is -0.122. The molecule has 0 spiro atoms. The van der Waals surface area contributed by atoms with Crippen LogP contribution in [0.3, 0.4) is 0 Å². The molecule has 20 heavy (non-hydrogen) atoms. The van der Waals surface area contributed by atoms with Crippen LogP contribution in [0, 0.1) is 5.92 Å². The number of thiocarbonyl (C=S) groups is 1. The molecule has 1 aromatic carbocycles. The summed E-state index contributed by atoms with van der Waals surface area (Å²) in [6.07, 6.45) is 1.50. The lowest BCUT2D eigenvalue weighted by Crippen LogP contribution is -2.28. The second-order valence-corrected chi connectivity index (χ2v) is 5.10. The van der Waals surface area contributed by atoms with Crippen LogP contribution in [0.15, 0.2) is 18.2 Å². The monoisotopic (exact) mass is 294 g/mol. The van der Waals surface area contributed by atoms with Crippen molar-refractivity contribution in [3.63, 3.8) is 0 Å². The van der Waals surface area contributed by atoms with Crippen molar-refractivity contribution in [2.24, 2.45) is 11.7 Å².